The van der Waals surface area contributed by atoms with Crippen LogP contribution < -0.4 is 16.6 Å². The molecule has 0 aliphatic heterocycles. The lowest BCUT2D eigenvalue weighted by Gasteiger charge is -2.16. The lowest BCUT2D eigenvalue weighted by atomic mass is 9.96. The molecule has 0 fully saturated rings. The van der Waals surface area contributed by atoms with E-state index in [1.165, 1.54) is 5.56 Å². The van der Waals surface area contributed by atoms with E-state index in [1.807, 2.05) is 18.2 Å². The third-order valence-electron chi connectivity index (χ3n) is 4.17. The Morgan fingerprint density at radius 3 is 2.50 bits per heavy atom. The average Bonchev–Trinajstić information content (AvgIpc) is 2.55. The first-order valence-corrected chi connectivity index (χ1v) is 8.15. The first-order chi connectivity index (χ1) is 11.5. The third-order valence-corrected chi connectivity index (χ3v) is 4.17. The van der Waals surface area contributed by atoms with E-state index in [1.54, 1.807) is 6.92 Å². The average molecular weight is 329 g/mol. The number of hydrogen-bond acceptors (Lipinski definition) is 3. The van der Waals surface area contributed by atoms with Crippen LogP contribution in [0.2, 0.25) is 0 Å². The zero-order chi connectivity index (χ0) is 17.5. The zero-order valence-corrected chi connectivity index (χ0v) is 14.0. The molecule has 2 rings (SSSR count). The van der Waals surface area contributed by atoms with Gasteiger partial charge in [-0.3, -0.25) is 14.6 Å². The standard InChI is InChI=1S/C18H23N3O3/c1-3-13(14-7-5-4-6-8-14)11-19-16(22)10-9-15-12(2)20-18(24)21-17(15)23/h4-8,13H,3,9-11H2,1-2H3,(H,19,22)(H2,20,21,23,24). The number of nitrogens with one attached hydrogen (secondary N) is 3. The monoisotopic (exact) mass is 329 g/mol. The molecule has 24 heavy (non-hydrogen) atoms. The van der Waals surface area contributed by atoms with Crippen molar-refractivity contribution in [2.75, 3.05) is 6.54 Å². The van der Waals surface area contributed by atoms with E-state index in [0.29, 0.717) is 24.2 Å². The molecule has 0 aliphatic carbocycles. The van der Waals surface area contributed by atoms with Crippen LogP contribution in [0, 0.1) is 6.92 Å². The van der Waals surface area contributed by atoms with Crippen LogP contribution in [-0.2, 0) is 11.2 Å². The maximum atomic E-state index is 12.1. The van der Waals surface area contributed by atoms with Gasteiger partial charge in [-0.15, -0.1) is 0 Å². The van der Waals surface area contributed by atoms with Crippen molar-refractivity contribution in [2.45, 2.75) is 39.0 Å². The summed E-state index contributed by atoms with van der Waals surface area (Å²) < 4.78 is 0. The maximum Gasteiger partial charge on any atom is 0.325 e. The predicted molar refractivity (Wildman–Crippen MR) is 93.2 cm³/mol. The Bertz CT molecular complexity index is 793. The SMILES string of the molecule is CCC(CNC(=O)CCc1c(C)[nH]c(=O)[nH]c1=O)c1ccccc1. The molecule has 0 saturated heterocycles. The molecule has 0 saturated carbocycles. The van der Waals surface area contributed by atoms with Crippen molar-refractivity contribution < 1.29 is 4.79 Å². The van der Waals surface area contributed by atoms with Gasteiger partial charge in [-0.05, 0) is 25.3 Å². The first-order valence-electron chi connectivity index (χ1n) is 8.15. The fourth-order valence-electron chi connectivity index (χ4n) is 2.71. The van der Waals surface area contributed by atoms with Crippen molar-refractivity contribution in [3.05, 3.63) is 68.0 Å². The molecule has 1 atom stereocenters. The van der Waals surface area contributed by atoms with Gasteiger partial charge in [0.25, 0.3) is 5.56 Å². The van der Waals surface area contributed by atoms with Gasteiger partial charge in [0.1, 0.15) is 0 Å². The Hall–Kier alpha value is -2.63. The summed E-state index contributed by atoms with van der Waals surface area (Å²) in [5.74, 6) is 0.169. The highest BCUT2D eigenvalue weighted by atomic mass is 16.2. The smallest absolute Gasteiger partial charge is 0.325 e. The molecular formula is C18H23N3O3. The molecule has 6 nitrogen and oxygen atoms in total. The Morgan fingerprint density at radius 2 is 1.88 bits per heavy atom. The summed E-state index contributed by atoms with van der Waals surface area (Å²) in [4.78, 5) is 39.7. The number of H-pyrrole nitrogens is 2. The number of aromatic amines is 2. The summed E-state index contributed by atoms with van der Waals surface area (Å²) in [7, 11) is 0. The normalized spacial score (nSPS) is 11.9. The molecule has 0 bridgehead atoms. The molecule has 1 heterocycles. The highest BCUT2D eigenvalue weighted by Gasteiger charge is 2.12. The van der Waals surface area contributed by atoms with Crippen LogP contribution in [0.15, 0.2) is 39.9 Å². The molecule has 0 aliphatic rings. The van der Waals surface area contributed by atoms with Crippen LogP contribution in [0.5, 0.6) is 0 Å². The molecule has 3 N–H and O–H groups in total. The third kappa shape index (κ3) is 4.68. The summed E-state index contributed by atoms with van der Waals surface area (Å²) >= 11 is 0. The van der Waals surface area contributed by atoms with Crippen molar-refractivity contribution in [1.29, 1.82) is 0 Å². The van der Waals surface area contributed by atoms with Crippen molar-refractivity contribution in [2.24, 2.45) is 0 Å². The van der Waals surface area contributed by atoms with E-state index in [4.69, 9.17) is 0 Å². The van der Waals surface area contributed by atoms with Gasteiger partial charge in [-0.1, -0.05) is 37.3 Å². The number of benzene rings is 1. The molecule has 6 heteroatoms. The molecular weight excluding hydrogens is 306 g/mol. The number of carbonyl (C=O) groups is 1. The van der Waals surface area contributed by atoms with Crippen LogP contribution in [0.1, 0.15) is 42.5 Å². The number of hydrogen-bond donors (Lipinski definition) is 3. The van der Waals surface area contributed by atoms with Gasteiger partial charge in [-0.25, -0.2) is 4.79 Å². The van der Waals surface area contributed by atoms with Crippen LogP contribution in [-0.4, -0.2) is 22.4 Å². The molecule has 1 unspecified atom stereocenters. The Kier molecular flexibility index (Phi) is 6.12. The Labute approximate surface area is 140 Å². The first kappa shape index (κ1) is 17.7. The van der Waals surface area contributed by atoms with E-state index < -0.39 is 11.2 Å². The number of rotatable bonds is 7. The van der Waals surface area contributed by atoms with E-state index in [9.17, 15) is 14.4 Å². The van der Waals surface area contributed by atoms with Crippen LogP contribution in [0.3, 0.4) is 0 Å². The van der Waals surface area contributed by atoms with Gasteiger partial charge in [-0.2, -0.15) is 0 Å². The van der Waals surface area contributed by atoms with Crippen molar-refractivity contribution >= 4 is 5.91 Å². The maximum absolute atomic E-state index is 12.1. The summed E-state index contributed by atoms with van der Waals surface area (Å²) in [5, 5.41) is 2.93. The Morgan fingerprint density at radius 1 is 1.17 bits per heavy atom. The lowest BCUT2D eigenvalue weighted by molar-refractivity contribution is -0.121. The zero-order valence-electron chi connectivity index (χ0n) is 14.0. The van der Waals surface area contributed by atoms with Crippen LogP contribution >= 0.6 is 0 Å². The highest BCUT2D eigenvalue weighted by Crippen LogP contribution is 2.17. The molecule has 1 amide bonds. The number of aromatic nitrogens is 2. The van der Waals surface area contributed by atoms with Gasteiger partial charge in [0.05, 0.1) is 0 Å². The van der Waals surface area contributed by atoms with Gasteiger partial charge in [0.2, 0.25) is 5.91 Å². The lowest BCUT2D eigenvalue weighted by Crippen LogP contribution is -2.30. The highest BCUT2D eigenvalue weighted by molar-refractivity contribution is 5.76. The van der Waals surface area contributed by atoms with Crippen molar-refractivity contribution in [3.8, 4) is 0 Å². The number of aryl methyl sites for hydroxylation is 1. The minimum Gasteiger partial charge on any atom is -0.355 e. The fraction of sp³-hybridized carbons (Fsp3) is 0.389. The molecule has 1 aromatic carbocycles. The molecule has 0 radical (unpaired) electrons. The minimum atomic E-state index is -0.528. The van der Waals surface area contributed by atoms with Gasteiger partial charge in [0.15, 0.2) is 0 Å². The van der Waals surface area contributed by atoms with Gasteiger partial charge in [0, 0.05) is 30.1 Å². The van der Waals surface area contributed by atoms with E-state index in [2.05, 4.69) is 34.3 Å². The van der Waals surface area contributed by atoms with E-state index >= 15 is 0 Å². The van der Waals surface area contributed by atoms with Crippen LogP contribution in [0.4, 0.5) is 0 Å². The molecule has 2 aromatic rings. The van der Waals surface area contributed by atoms with Gasteiger partial charge >= 0.3 is 5.69 Å². The largest absolute Gasteiger partial charge is 0.355 e. The summed E-state index contributed by atoms with van der Waals surface area (Å²) in [6.07, 6.45) is 1.44. The van der Waals surface area contributed by atoms with E-state index in [0.717, 1.165) is 6.42 Å². The predicted octanol–water partition coefficient (Wildman–Crippen LogP) is 1.61. The van der Waals surface area contributed by atoms with Gasteiger partial charge < -0.3 is 10.3 Å². The van der Waals surface area contributed by atoms with Crippen molar-refractivity contribution in [1.82, 2.24) is 15.3 Å². The molecule has 1 aromatic heterocycles. The topological polar surface area (TPSA) is 94.8 Å². The van der Waals surface area contributed by atoms with Crippen molar-refractivity contribution in [3.63, 3.8) is 0 Å². The molecule has 0 spiro atoms. The second-order valence-corrected chi connectivity index (χ2v) is 5.83. The Balaban J connectivity index is 1.90. The fourth-order valence-corrected chi connectivity index (χ4v) is 2.71. The summed E-state index contributed by atoms with van der Waals surface area (Å²) in [6, 6.07) is 10.1. The number of amides is 1. The second-order valence-electron chi connectivity index (χ2n) is 5.83. The second kappa shape index (κ2) is 8.29. The quantitative estimate of drug-likeness (QED) is 0.720. The summed E-state index contributed by atoms with van der Waals surface area (Å²) in [5.41, 5.74) is 1.19. The van der Waals surface area contributed by atoms with Crippen LogP contribution in [0.25, 0.3) is 0 Å². The summed E-state index contributed by atoms with van der Waals surface area (Å²) in [6.45, 7) is 4.32. The minimum absolute atomic E-state index is 0.102. The van der Waals surface area contributed by atoms with E-state index in [-0.39, 0.29) is 18.2 Å². The molecule has 128 valence electrons. The number of carbonyl (C=O) groups excluding carboxylic acids is 1.